The van der Waals surface area contributed by atoms with Crippen LogP contribution in [-0.2, 0) is 11.2 Å². The number of halogens is 1. The second-order valence-corrected chi connectivity index (χ2v) is 6.89. The highest BCUT2D eigenvalue weighted by atomic mass is 32.1. The summed E-state index contributed by atoms with van der Waals surface area (Å²) >= 11 is 1.42. The molecule has 0 radical (unpaired) electrons. The van der Waals surface area contributed by atoms with E-state index in [0.717, 1.165) is 49.0 Å². The average Bonchev–Trinajstić information content (AvgIpc) is 3.04. The highest BCUT2D eigenvalue weighted by Crippen LogP contribution is 2.25. The third-order valence-corrected chi connectivity index (χ3v) is 5.07. The van der Waals surface area contributed by atoms with Crippen molar-refractivity contribution in [2.75, 3.05) is 24.5 Å². The Kier molecular flexibility index (Phi) is 5.40. The average molecular weight is 348 g/mol. The Bertz CT molecular complexity index is 680. The molecule has 3 rings (SSSR count). The summed E-state index contributed by atoms with van der Waals surface area (Å²) in [5.74, 6) is 1.12. The quantitative estimate of drug-likeness (QED) is 0.902. The number of amides is 1. The summed E-state index contributed by atoms with van der Waals surface area (Å²) in [6, 6.07) is 6.46. The van der Waals surface area contributed by atoms with Crippen molar-refractivity contribution in [3.8, 4) is 0 Å². The van der Waals surface area contributed by atoms with Gasteiger partial charge in [-0.05, 0) is 36.5 Å². The fraction of sp³-hybridized carbons (Fsp3) is 0.471. The summed E-state index contributed by atoms with van der Waals surface area (Å²) < 4.78 is 17.4. The molecule has 5 nitrogen and oxygen atoms in total. The van der Waals surface area contributed by atoms with Crippen molar-refractivity contribution in [3.05, 3.63) is 41.5 Å². The van der Waals surface area contributed by atoms with Gasteiger partial charge in [-0.1, -0.05) is 12.1 Å². The summed E-state index contributed by atoms with van der Waals surface area (Å²) in [7, 11) is 0. The fourth-order valence-corrected chi connectivity index (χ4v) is 3.58. The standard InChI is InChI=1S/C17H21FN4OS/c1-12(23)19-11-14-6-8-22(9-7-14)17-20-16(21-24-17)10-13-2-4-15(18)5-3-13/h2-5,14H,6-11H2,1H3,(H,19,23). The number of aromatic nitrogens is 2. The molecule has 2 heterocycles. The normalized spacial score (nSPS) is 15.5. The fourth-order valence-electron chi connectivity index (χ4n) is 2.85. The van der Waals surface area contributed by atoms with Crippen LogP contribution in [0.1, 0.15) is 31.2 Å². The van der Waals surface area contributed by atoms with Crippen LogP contribution in [0.3, 0.4) is 0 Å². The molecule has 128 valence electrons. The Morgan fingerprint density at radius 3 is 2.71 bits per heavy atom. The minimum atomic E-state index is -0.229. The van der Waals surface area contributed by atoms with E-state index >= 15 is 0 Å². The van der Waals surface area contributed by atoms with E-state index < -0.39 is 0 Å². The molecule has 0 saturated carbocycles. The van der Waals surface area contributed by atoms with Gasteiger partial charge in [-0.3, -0.25) is 4.79 Å². The zero-order chi connectivity index (χ0) is 16.9. The molecule has 7 heteroatoms. The van der Waals surface area contributed by atoms with Crippen molar-refractivity contribution < 1.29 is 9.18 Å². The lowest BCUT2D eigenvalue weighted by atomic mass is 9.97. The number of carbonyl (C=O) groups excluding carboxylic acids is 1. The van der Waals surface area contributed by atoms with Crippen LogP contribution in [0.15, 0.2) is 24.3 Å². The summed E-state index contributed by atoms with van der Waals surface area (Å²) in [6.07, 6.45) is 2.72. The van der Waals surface area contributed by atoms with E-state index in [1.807, 2.05) is 0 Å². The van der Waals surface area contributed by atoms with Crippen molar-refractivity contribution in [2.24, 2.45) is 5.92 Å². The van der Waals surface area contributed by atoms with E-state index in [9.17, 15) is 9.18 Å². The van der Waals surface area contributed by atoms with Crippen LogP contribution in [0.2, 0.25) is 0 Å². The van der Waals surface area contributed by atoms with Crippen molar-refractivity contribution in [3.63, 3.8) is 0 Å². The third kappa shape index (κ3) is 4.50. The van der Waals surface area contributed by atoms with Gasteiger partial charge in [0.2, 0.25) is 11.0 Å². The highest BCUT2D eigenvalue weighted by Gasteiger charge is 2.22. The Morgan fingerprint density at radius 1 is 1.33 bits per heavy atom. The first-order valence-electron chi connectivity index (χ1n) is 8.16. The van der Waals surface area contributed by atoms with E-state index in [-0.39, 0.29) is 11.7 Å². The molecule has 0 bridgehead atoms. The number of rotatable bonds is 5. The maximum absolute atomic E-state index is 12.9. The number of hydrogen-bond donors (Lipinski definition) is 1. The number of anilines is 1. The molecule has 0 aliphatic carbocycles. The van der Waals surface area contributed by atoms with E-state index in [1.165, 1.54) is 23.7 Å². The van der Waals surface area contributed by atoms with Gasteiger partial charge >= 0.3 is 0 Å². The van der Waals surface area contributed by atoms with Gasteiger partial charge in [0.25, 0.3) is 0 Å². The molecule has 1 aromatic heterocycles. The zero-order valence-corrected chi connectivity index (χ0v) is 14.5. The van der Waals surface area contributed by atoms with Crippen LogP contribution in [-0.4, -0.2) is 34.9 Å². The summed E-state index contributed by atoms with van der Waals surface area (Å²) in [4.78, 5) is 17.9. The number of benzene rings is 1. The molecule has 1 amide bonds. The smallest absolute Gasteiger partial charge is 0.216 e. The van der Waals surface area contributed by atoms with Crippen molar-refractivity contribution >= 4 is 22.6 Å². The Hall–Kier alpha value is -2.02. The molecule has 1 fully saturated rings. The second kappa shape index (κ2) is 7.70. The van der Waals surface area contributed by atoms with Gasteiger partial charge in [0.15, 0.2) is 0 Å². The van der Waals surface area contributed by atoms with Gasteiger partial charge in [0.1, 0.15) is 11.6 Å². The van der Waals surface area contributed by atoms with Gasteiger partial charge in [-0.2, -0.15) is 4.37 Å². The van der Waals surface area contributed by atoms with E-state index in [0.29, 0.717) is 12.3 Å². The summed E-state index contributed by atoms with van der Waals surface area (Å²) in [5, 5.41) is 3.84. The molecule has 1 N–H and O–H groups in total. The minimum Gasteiger partial charge on any atom is -0.356 e. The van der Waals surface area contributed by atoms with Gasteiger partial charge in [0, 0.05) is 44.5 Å². The van der Waals surface area contributed by atoms with E-state index in [4.69, 9.17) is 0 Å². The van der Waals surface area contributed by atoms with Gasteiger partial charge in [-0.15, -0.1) is 0 Å². The molecule has 2 aromatic rings. The molecular weight excluding hydrogens is 327 g/mol. The Labute approximate surface area is 145 Å². The molecule has 1 aliphatic heterocycles. The summed E-state index contributed by atoms with van der Waals surface area (Å²) in [6.45, 7) is 4.19. The predicted molar refractivity (Wildman–Crippen MR) is 92.7 cm³/mol. The lowest BCUT2D eigenvalue weighted by Crippen LogP contribution is -2.38. The maximum Gasteiger partial charge on any atom is 0.216 e. The Morgan fingerprint density at radius 2 is 2.04 bits per heavy atom. The molecule has 24 heavy (non-hydrogen) atoms. The van der Waals surface area contributed by atoms with Gasteiger partial charge in [0.05, 0.1) is 0 Å². The second-order valence-electron chi connectivity index (χ2n) is 6.16. The molecule has 1 aromatic carbocycles. The monoisotopic (exact) mass is 348 g/mol. The first kappa shape index (κ1) is 16.8. The zero-order valence-electron chi connectivity index (χ0n) is 13.7. The number of piperidine rings is 1. The lowest BCUT2D eigenvalue weighted by molar-refractivity contribution is -0.119. The summed E-state index contributed by atoms with van der Waals surface area (Å²) in [5.41, 5.74) is 1.01. The topological polar surface area (TPSA) is 58.1 Å². The van der Waals surface area contributed by atoms with E-state index in [1.54, 1.807) is 19.1 Å². The molecular formula is C17H21FN4OS. The van der Waals surface area contributed by atoms with E-state index in [2.05, 4.69) is 19.6 Å². The van der Waals surface area contributed by atoms with Crippen LogP contribution in [0.4, 0.5) is 9.52 Å². The first-order chi connectivity index (χ1) is 11.6. The number of hydrogen-bond acceptors (Lipinski definition) is 5. The number of nitrogens with one attached hydrogen (secondary N) is 1. The SMILES string of the molecule is CC(=O)NCC1CCN(c2nc(Cc3ccc(F)cc3)ns2)CC1. The highest BCUT2D eigenvalue weighted by molar-refractivity contribution is 7.09. The number of carbonyl (C=O) groups is 1. The van der Waals surface area contributed by atoms with Crippen LogP contribution in [0.5, 0.6) is 0 Å². The van der Waals surface area contributed by atoms with Crippen molar-refractivity contribution in [2.45, 2.75) is 26.2 Å². The Balaban J connectivity index is 1.53. The minimum absolute atomic E-state index is 0.0342. The maximum atomic E-state index is 12.9. The molecule has 1 saturated heterocycles. The molecule has 0 spiro atoms. The van der Waals surface area contributed by atoms with Crippen LogP contribution >= 0.6 is 11.5 Å². The number of nitrogens with zero attached hydrogens (tertiary/aromatic N) is 3. The van der Waals surface area contributed by atoms with Gasteiger partial charge < -0.3 is 10.2 Å². The van der Waals surface area contributed by atoms with Gasteiger partial charge in [-0.25, -0.2) is 9.37 Å². The third-order valence-electron chi connectivity index (χ3n) is 4.26. The molecule has 0 atom stereocenters. The van der Waals surface area contributed by atoms with Crippen LogP contribution < -0.4 is 10.2 Å². The van der Waals surface area contributed by atoms with Crippen LogP contribution in [0, 0.1) is 11.7 Å². The van der Waals surface area contributed by atoms with Crippen molar-refractivity contribution in [1.82, 2.24) is 14.7 Å². The molecule has 0 unspecified atom stereocenters. The van der Waals surface area contributed by atoms with Crippen molar-refractivity contribution in [1.29, 1.82) is 0 Å². The molecule has 1 aliphatic rings. The lowest BCUT2D eigenvalue weighted by Gasteiger charge is -2.31. The predicted octanol–water partition coefficient (Wildman–Crippen LogP) is 2.62. The largest absolute Gasteiger partial charge is 0.356 e. The van der Waals surface area contributed by atoms with Crippen LogP contribution in [0.25, 0.3) is 0 Å². The first-order valence-corrected chi connectivity index (χ1v) is 8.94.